The Morgan fingerprint density at radius 1 is 0.970 bits per heavy atom. The average molecular weight is 460 g/mol. The number of ether oxygens (including phenoxy) is 1. The van der Waals surface area contributed by atoms with Crippen LogP contribution in [0.2, 0.25) is 5.02 Å². The highest BCUT2D eigenvalue weighted by molar-refractivity contribution is 6.30. The topological polar surface area (TPSA) is 73.2 Å². The van der Waals surface area contributed by atoms with Gasteiger partial charge in [0.15, 0.2) is 0 Å². The molecular weight excluding hydrogens is 438 g/mol. The number of amides is 1. The van der Waals surface area contributed by atoms with Crippen molar-refractivity contribution in [3.63, 3.8) is 0 Å². The number of carbonyl (C=O) groups excluding carboxylic acids is 1. The molecule has 1 N–H and O–H groups in total. The monoisotopic (exact) mass is 459 g/mol. The zero-order valence-corrected chi connectivity index (χ0v) is 18.8. The molecule has 0 aliphatic rings. The predicted octanol–water partition coefficient (Wildman–Crippen LogP) is 4.70. The van der Waals surface area contributed by atoms with E-state index in [0.29, 0.717) is 35.3 Å². The van der Waals surface area contributed by atoms with Crippen molar-refractivity contribution < 1.29 is 9.53 Å². The lowest BCUT2D eigenvalue weighted by Crippen LogP contribution is -2.23. The van der Waals surface area contributed by atoms with Gasteiger partial charge in [0.2, 0.25) is 5.88 Å². The molecule has 0 bridgehead atoms. The van der Waals surface area contributed by atoms with Crippen LogP contribution in [-0.4, -0.2) is 15.7 Å². The molecule has 1 aromatic heterocycles. The fraction of sp³-hybridized carbons (Fsp3) is 0.115. The zero-order chi connectivity index (χ0) is 23.2. The minimum atomic E-state index is -0.300. The van der Waals surface area contributed by atoms with E-state index < -0.39 is 0 Å². The van der Waals surface area contributed by atoms with Gasteiger partial charge in [0.25, 0.3) is 11.5 Å². The smallest absolute Gasteiger partial charge is 0.271 e. The second-order valence-corrected chi connectivity index (χ2v) is 7.93. The van der Waals surface area contributed by atoms with E-state index in [4.69, 9.17) is 16.3 Å². The second kappa shape index (κ2) is 10.1. The van der Waals surface area contributed by atoms with E-state index in [1.54, 1.807) is 36.4 Å². The first kappa shape index (κ1) is 22.3. The van der Waals surface area contributed by atoms with Gasteiger partial charge in [0, 0.05) is 29.3 Å². The molecule has 0 saturated carbocycles. The van der Waals surface area contributed by atoms with Gasteiger partial charge in [-0.3, -0.25) is 9.59 Å². The Bertz CT molecular complexity index is 1320. The van der Waals surface area contributed by atoms with Crippen LogP contribution < -0.4 is 15.6 Å². The zero-order valence-electron chi connectivity index (χ0n) is 18.0. The van der Waals surface area contributed by atoms with E-state index in [1.807, 2.05) is 43.3 Å². The van der Waals surface area contributed by atoms with Crippen LogP contribution in [0, 0.1) is 6.92 Å². The standard InChI is InChI=1S/C26H22ClN3O3/c1-18-4-2-3-5-21(18)16-28-26(32)20-8-12-23(13-9-20)30-25(31)15-14-24(29-30)33-17-19-6-10-22(27)11-7-19/h2-15H,16-17H2,1H3,(H,28,32). The fourth-order valence-corrected chi connectivity index (χ4v) is 3.36. The molecule has 33 heavy (non-hydrogen) atoms. The Morgan fingerprint density at radius 2 is 1.70 bits per heavy atom. The number of benzene rings is 3. The third-order valence-corrected chi connectivity index (χ3v) is 5.40. The quantitative estimate of drug-likeness (QED) is 0.434. The molecule has 0 atom stereocenters. The van der Waals surface area contributed by atoms with Gasteiger partial charge in [-0.1, -0.05) is 48.0 Å². The summed E-state index contributed by atoms with van der Waals surface area (Å²) in [7, 11) is 0. The molecule has 0 saturated heterocycles. The normalized spacial score (nSPS) is 10.6. The van der Waals surface area contributed by atoms with Gasteiger partial charge in [0.05, 0.1) is 5.69 Å². The molecule has 0 spiro atoms. The van der Waals surface area contributed by atoms with Crippen LogP contribution in [0.5, 0.6) is 5.88 Å². The Balaban J connectivity index is 1.43. The molecule has 7 heteroatoms. The number of rotatable bonds is 7. The van der Waals surface area contributed by atoms with Gasteiger partial charge < -0.3 is 10.1 Å². The summed E-state index contributed by atoms with van der Waals surface area (Å²) >= 11 is 5.90. The summed E-state index contributed by atoms with van der Waals surface area (Å²) in [6, 6.07) is 24.8. The molecule has 6 nitrogen and oxygen atoms in total. The van der Waals surface area contributed by atoms with Crippen molar-refractivity contribution >= 4 is 17.5 Å². The number of nitrogens with zero attached hydrogens (tertiary/aromatic N) is 2. The largest absolute Gasteiger partial charge is 0.472 e. The molecule has 1 heterocycles. The number of halogens is 1. The Kier molecular flexibility index (Phi) is 6.86. The van der Waals surface area contributed by atoms with E-state index in [-0.39, 0.29) is 11.5 Å². The molecule has 0 aliphatic carbocycles. The molecule has 0 fully saturated rings. The maximum absolute atomic E-state index is 12.5. The van der Waals surface area contributed by atoms with Gasteiger partial charge in [-0.2, -0.15) is 4.68 Å². The summed E-state index contributed by atoms with van der Waals surface area (Å²) < 4.78 is 6.96. The van der Waals surface area contributed by atoms with Crippen molar-refractivity contribution in [2.75, 3.05) is 0 Å². The first-order valence-corrected chi connectivity index (χ1v) is 10.8. The summed E-state index contributed by atoms with van der Waals surface area (Å²) in [4.78, 5) is 24.9. The number of aryl methyl sites for hydroxylation is 1. The van der Waals surface area contributed by atoms with Crippen LogP contribution in [0.3, 0.4) is 0 Å². The third-order valence-electron chi connectivity index (χ3n) is 5.15. The highest BCUT2D eigenvalue weighted by Gasteiger charge is 2.09. The molecule has 0 aliphatic heterocycles. The van der Waals surface area contributed by atoms with Crippen molar-refractivity contribution in [1.82, 2.24) is 15.1 Å². The Morgan fingerprint density at radius 3 is 2.42 bits per heavy atom. The van der Waals surface area contributed by atoms with Crippen molar-refractivity contribution in [1.29, 1.82) is 0 Å². The van der Waals surface area contributed by atoms with Gasteiger partial charge >= 0.3 is 0 Å². The number of carbonyl (C=O) groups is 1. The molecule has 0 unspecified atom stereocenters. The van der Waals surface area contributed by atoms with E-state index in [9.17, 15) is 9.59 Å². The highest BCUT2D eigenvalue weighted by atomic mass is 35.5. The molecule has 166 valence electrons. The van der Waals surface area contributed by atoms with E-state index in [0.717, 1.165) is 16.7 Å². The average Bonchev–Trinajstić information content (AvgIpc) is 2.84. The van der Waals surface area contributed by atoms with Crippen LogP contribution >= 0.6 is 11.6 Å². The van der Waals surface area contributed by atoms with Gasteiger partial charge in [0.1, 0.15) is 6.61 Å². The Hall–Kier alpha value is -3.90. The second-order valence-electron chi connectivity index (χ2n) is 7.49. The minimum Gasteiger partial charge on any atom is -0.472 e. The Labute approximate surface area is 196 Å². The van der Waals surface area contributed by atoms with Crippen LogP contribution in [0.1, 0.15) is 27.0 Å². The molecule has 4 aromatic rings. The van der Waals surface area contributed by atoms with E-state index in [1.165, 1.54) is 16.8 Å². The van der Waals surface area contributed by atoms with Gasteiger partial charge in [-0.25, -0.2) is 0 Å². The van der Waals surface area contributed by atoms with Gasteiger partial charge in [-0.15, -0.1) is 5.10 Å². The summed E-state index contributed by atoms with van der Waals surface area (Å²) in [6.45, 7) is 2.75. The first-order valence-electron chi connectivity index (χ1n) is 10.4. The number of aromatic nitrogens is 2. The van der Waals surface area contributed by atoms with Crippen molar-refractivity contribution in [3.8, 4) is 11.6 Å². The third kappa shape index (κ3) is 5.67. The first-order chi connectivity index (χ1) is 16.0. The van der Waals surface area contributed by atoms with Crippen LogP contribution in [0.4, 0.5) is 0 Å². The number of hydrogen-bond donors (Lipinski definition) is 1. The lowest BCUT2D eigenvalue weighted by Gasteiger charge is -2.10. The summed E-state index contributed by atoms with van der Waals surface area (Å²) in [6.07, 6.45) is 0. The maximum atomic E-state index is 12.5. The molecule has 3 aromatic carbocycles. The lowest BCUT2D eigenvalue weighted by atomic mass is 10.1. The highest BCUT2D eigenvalue weighted by Crippen LogP contribution is 2.14. The fourth-order valence-electron chi connectivity index (χ4n) is 3.23. The van der Waals surface area contributed by atoms with Crippen LogP contribution in [0.25, 0.3) is 5.69 Å². The van der Waals surface area contributed by atoms with Crippen molar-refractivity contribution in [2.24, 2.45) is 0 Å². The molecule has 1 amide bonds. The van der Waals surface area contributed by atoms with E-state index in [2.05, 4.69) is 10.4 Å². The maximum Gasteiger partial charge on any atom is 0.271 e. The number of nitrogens with one attached hydrogen (secondary N) is 1. The SMILES string of the molecule is Cc1ccccc1CNC(=O)c1ccc(-n2nc(OCc3ccc(Cl)cc3)ccc2=O)cc1. The van der Waals surface area contributed by atoms with E-state index >= 15 is 0 Å². The van der Waals surface area contributed by atoms with Crippen LogP contribution in [-0.2, 0) is 13.2 Å². The number of hydrogen-bond acceptors (Lipinski definition) is 4. The predicted molar refractivity (Wildman–Crippen MR) is 128 cm³/mol. The van der Waals surface area contributed by atoms with Crippen molar-refractivity contribution in [2.45, 2.75) is 20.1 Å². The molecule has 4 rings (SSSR count). The lowest BCUT2D eigenvalue weighted by molar-refractivity contribution is 0.0951. The van der Waals surface area contributed by atoms with Crippen molar-refractivity contribution in [3.05, 3.63) is 123 Å². The molecule has 0 radical (unpaired) electrons. The summed E-state index contributed by atoms with van der Waals surface area (Å²) in [5, 5.41) is 7.86. The van der Waals surface area contributed by atoms with Crippen LogP contribution in [0.15, 0.2) is 89.7 Å². The minimum absolute atomic E-state index is 0.190. The summed E-state index contributed by atoms with van der Waals surface area (Å²) in [5.41, 5.74) is 3.85. The summed E-state index contributed by atoms with van der Waals surface area (Å²) in [5.74, 6) is 0.120. The molecular formula is C26H22ClN3O3. The van der Waals surface area contributed by atoms with Gasteiger partial charge in [-0.05, 0) is 60.0 Å².